The molecular weight excluding hydrogens is 687 g/mol. The molecule has 52 heavy (non-hydrogen) atoms. The first kappa shape index (κ1) is 44.9. The maximum Gasteiger partial charge on any atom is 0.315 e. The molecule has 0 aromatic carbocycles. The normalized spacial score (nSPS) is 20.1. The van der Waals surface area contributed by atoms with E-state index in [0.29, 0.717) is 12.8 Å². The van der Waals surface area contributed by atoms with Crippen molar-refractivity contribution in [1.82, 2.24) is 34.8 Å². The number of nitrogens with one attached hydrogen (secondary N) is 4. The molecule has 1 aliphatic carbocycles. The zero-order valence-electron chi connectivity index (χ0n) is 32.9. The molecule has 4 N–H and O–H groups in total. The minimum Gasteiger partial charge on any atom is -0.346 e. The van der Waals surface area contributed by atoms with Crippen LogP contribution in [0.1, 0.15) is 99.3 Å². The molecule has 1 saturated heterocycles. The van der Waals surface area contributed by atoms with Crippen LogP contribution in [0.5, 0.6) is 0 Å². The molecule has 296 valence electrons. The summed E-state index contributed by atoms with van der Waals surface area (Å²) in [6.45, 7) is 15.4. The van der Waals surface area contributed by atoms with Gasteiger partial charge in [0.15, 0.2) is 0 Å². The van der Waals surface area contributed by atoms with Crippen molar-refractivity contribution in [3.8, 4) is 0 Å². The summed E-state index contributed by atoms with van der Waals surface area (Å²) < 4.78 is 27.9. The van der Waals surface area contributed by atoms with E-state index in [-0.39, 0.29) is 43.8 Å². The van der Waals surface area contributed by atoms with E-state index in [1.807, 2.05) is 47.6 Å². The molecule has 0 aromatic rings. The Morgan fingerprint density at radius 3 is 2.13 bits per heavy atom. The third kappa shape index (κ3) is 12.7. The van der Waals surface area contributed by atoms with Gasteiger partial charge >= 0.3 is 6.03 Å². The monoisotopic (exact) mass is 751 g/mol. The molecule has 1 heterocycles. The van der Waals surface area contributed by atoms with Gasteiger partial charge in [0.05, 0.1) is 6.04 Å². The summed E-state index contributed by atoms with van der Waals surface area (Å²) in [4.78, 5) is 70.0. The fourth-order valence-electron chi connectivity index (χ4n) is 6.88. The molecule has 5 atom stereocenters. The summed E-state index contributed by atoms with van der Waals surface area (Å²) >= 11 is 0. The van der Waals surface area contributed by atoms with Crippen molar-refractivity contribution >= 4 is 39.7 Å². The van der Waals surface area contributed by atoms with E-state index in [4.69, 9.17) is 0 Å². The van der Waals surface area contributed by atoms with Crippen LogP contribution in [-0.2, 0) is 29.4 Å². The molecule has 0 bridgehead atoms. The van der Waals surface area contributed by atoms with Crippen molar-refractivity contribution in [2.24, 2.45) is 17.3 Å². The van der Waals surface area contributed by atoms with E-state index in [0.717, 1.165) is 48.4 Å². The fourth-order valence-corrected chi connectivity index (χ4v) is 7.78. The first-order valence-corrected chi connectivity index (χ1v) is 20.0. The van der Waals surface area contributed by atoms with Gasteiger partial charge in [-0.1, -0.05) is 77.5 Å². The summed E-state index contributed by atoms with van der Waals surface area (Å²) in [6, 6.07) is -4.17. The second kappa shape index (κ2) is 20.2. The molecule has 5 amide bonds. The molecule has 1 aliphatic heterocycles. The van der Waals surface area contributed by atoms with Crippen LogP contribution in [0.2, 0.25) is 0 Å². The summed E-state index contributed by atoms with van der Waals surface area (Å²) in [5.41, 5.74) is 0.428. The number of rotatable bonds is 18. The smallest absolute Gasteiger partial charge is 0.315 e. The van der Waals surface area contributed by atoms with Crippen molar-refractivity contribution < 1.29 is 32.4 Å². The number of hydrogen-bond acceptors (Lipinski definition) is 7. The molecule has 0 spiro atoms. The van der Waals surface area contributed by atoms with Crippen LogP contribution in [0.25, 0.3) is 0 Å². The van der Waals surface area contributed by atoms with E-state index in [1.165, 1.54) is 36.4 Å². The summed E-state index contributed by atoms with van der Waals surface area (Å²) in [6.07, 6.45) is 9.80. The second-order valence-electron chi connectivity index (χ2n) is 15.7. The lowest BCUT2D eigenvalue weighted by molar-refractivity contribution is -0.143. The van der Waals surface area contributed by atoms with Crippen LogP contribution in [0.3, 0.4) is 0 Å². The number of unbranched alkanes of at least 4 members (excludes halogenated alkanes) is 1. The van der Waals surface area contributed by atoms with Gasteiger partial charge in [0.1, 0.15) is 12.1 Å². The van der Waals surface area contributed by atoms with Gasteiger partial charge in [0.25, 0.3) is 16.1 Å². The SMILES string of the molecule is C=CCNC(=O)C(=O)C(CCCC)NC(=O)[C@@H]1[C@@H](C=C(C)C)CCN1C(=O)[C@@H](NC(=O)N[C@H](CN(C)S(=O)(=O)N(C)C)C(C)(C)C)C1CCCCC1. The quantitative estimate of drug-likeness (QED) is 0.123. The van der Waals surface area contributed by atoms with Gasteiger partial charge < -0.3 is 26.2 Å². The first-order valence-electron chi connectivity index (χ1n) is 18.7. The number of carbonyl (C=O) groups is 5. The van der Waals surface area contributed by atoms with E-state index in [2.05, 4.69) is 27.8 Å². The van der Waals surface area contributed by atoms with Crippen LogP contribution in [0.15, 0.2) is 24.3 Å². The Bertz CT molecular complexity index is 1400. The Kier molecular flexibility index (Phi) is 17.5. The molecule has 1 saturated carbocycles. The Balaban J connectivity index is 2.44. The summed E-state index contributed by atoms with van der Waals surface area (Å²) in [5, 5.41) is 11.2. The Hall–Kier alpha value is -3.30. The lowest BCUT2D eigenvalue weighted by atomic mass is 9.83. The zero-order chi connectivity index (χ0) is 39.4. The maximum absolute atomic E-state index is 14.7. The topological polar surface area (TPSA) is 177 Å². The molecule has 2 aliphatic rings. The second-order valence-corrected chi connectivity index (χ2v) is 18.0. The highest BCUT2D eigenvalue weighted by Crippen LogP contribution is 2.32. The lowest BCUT2D eigenvalue weighted by Crippen LogP contribution is -2.61. The molecule has 0 aromatic heterocycles. The largest absolute Gasteiger partial charge is 0.346 e. The van der Waals surface area contributed by atoms with Crippen LogP contribution >= 0.6 is 0 Å². The first-order chi connectivity index (χ1) is 24.3. The number of Topliss-reactive ketones (excluding diaryl/α,β-unsaturated/α-hetero) is 1. The van der Waals surface area contributed by atoms with E-state index >= 15 is 0 Å². The van der Waals surface area contributed by atoms with Crippen molar-refractivity contribution in [3.63, 3.8) is 0 Å². The summed E-state index contributed by atoms with van der Waals surface area (Å²) in [7, 11) is 0.593. The van der Waals surface area contributed by atoms with Crippen LogP contribution < -0.4 is 21.3 Å². The number of carbonyl (C=O) groups excluding carboxylic acids is 5. The van der Waals surface area contributed by atoms with Crippen molar-refractivity contribution in [1.29, 1.82) is 0 Å². The molecule has 1 unspecified atom stereocenters. The number of allylic oxidation sites excluding steroid dienone is 1. The molecule has 14 nitrogen and oxygen atoms in total. The molecule has 2 fully saturated rings. The van der Waals surface area contributed by atoms with E-state index in [1.54, 1.807) is 0 Å². The highest BCUT2D eigenvalue weighted by molar-refractivity contribution is 7.86. The Morgan fingerprint density at radius 1 is 0.962 bits per heavy atom. The van der Waals surface area contributed by atoms with Crippen LogP contribution in [-0.4, -0.2) is 116 Å². The number of urea groups is 1. The van der Waals surface area contributed by atoms with E-state index < -0.39 is 63.4 Å². The van der Waals surface area contributed by atoms with Gasteiger partial charge in [0.2, 0.25) is 17.6 Å². The average molecular weight is 752 g/mol. The molecule has 15 heteroatoms. The van der Waals surface area contributed by atoms with Crippen LogP contribution in [0.4, 0.5) is 4.79 Å². The minimum atomic E-state index is -3.75. The third-order valence-electron chi connectivity index (χ3n) is 9.97. The predicted molar refractivity (Wildman–Crippen MR) is 203 cm³/mol. The number of amides is 5. The molecule has 2 rings (SSSR count). The Morgan fingerprint density at radius 2 is 1.60 bits per heavy atom. The Labute approximate surface area is 312 Å². The number of ketones is 1. The lowest BCUT2D eigenvalue weighted by Gasteiger charge is -2.37. The fraction of sp³-hybridized carbons (Fsp3) is 0.757. The van der Waals surface area contributed by atoms with Gasteiger partial charge in [-0.25, -0.2) is 4.79 Å². The van der Waals surface area contributed by atoms with Gasteiger partial charge in [-0.3, -0.25) is 19.2 Å². The highest BCUT2D eigenvalue weighted by Gasteiger charge is 2.46. The van der Waals surface area contributed by atoms with Gasteiger partial charge in [-0.05, 0) is 50.9 Å². The van der Waals surface area contributed by atoms with Gasteiger partial charge in [-0.2, -0.15) is 17.0 Å². The standard InChI is InChI=1S/C37H65N7O7S/c1-11-13-19-28(32(45)34(47)38-21-12-2)39-33(46)31-27(23-25(3)4)20-22-44(31)35(48)30(26-17-15-14-16-18-26)41-36(49)40-29(37(5,6)7)24-43(10)52(50,51)42(8)9/h12,23,26-31H,2,11,13-22,24H2,1,3-10H3,(H,38,47)(H,39,46)(H2,40,41,49)/t27-,28?,29-,30+,31+/m1/s1. The number of likely N-dealkylation sites (tertiary alicyclic amines) is 1. The van der Waals surface area contributed by atoms with Crippen molar-refractivity contribution in [2.45, 2.75) is 123 Å². The summed E-state index contributed by atoms with van der Waals surface area (Å²) in [5.74, 6) is -2.99. The van der Waals surface area contributed by atoms with E-state index in [9.17, 15) is 32.4 Å². The number of hydrogen-bond donors (Lipinski definition) is 4. The molecule has 0 radical (unpaired) electrons. The predicted octanol–water partition coefficient (Wildman–Crippen LogP) is 3.12. The zero-order valence-corrected chi connectivity index (χ0v) is 33.7. The minimum absolute atomic E-state index is 0.00175. The third-order valence-corrected chi connectivity index (χ3v) is 11.8. The maximum atomic E-state index is 14.7. The highest BCUT2D eigenvalue weighted by atomic mass is 32.2. The van der Waals surface area contributed by atoms with Crippen molar-refractivity contribution in [3.05, 3.63) is 24.3 Å². The van der Waals surface area contributed by atoms with Crippen LogP contribution in [0, 0.1) is 17.3 Å². The average Bonchev–Trinajstić information content (AvgIpc) is 3.49. The van der Waals surface area contributed by atoms with Gasteiger partial charge in [-0.15, -0.1) is 6.58 Å². The van der Waals surface area contributed by atoms with Gasteiger partial charge in [0, 0.05) is 52.7 Å². The number of likely N-dealkylation sites (N-methyl/N-ethyl adjacent to an activating group) is 1. The van der Waals surface area contributed by atoms with Crippen molar-refractivity contribution in [2.75, 3.05) is 40.8 Å². The molecular formula is C37H65N7O7S. The number of nitrogens with zero attached hydrogens (tertiary/aromatic N) is 3.